The maximum absolute atomic E-state index is 5.40. The van der Waals surface area contributed by atoms with E-state index in [1.807, 2.05) is 4.52 Å². The summed E-state index contributed by atoms with van der Waals surface area (Å²) in [5.74, 6) is 1.25. The molecule has 2 aromatic heterocycles. The first-order valence-corrected chi connectivity index (χ1v) is 7.18. The first-order chi connectivity index (χ1) is 9.38. The summed E-state index contributed by atoms with van der Waals surface area (Å²) < 4.78 is 12.2. The summed E-state index contributed by atoms with van der Waals surface area (Å²) in [6.45, 7) is 3.78. The van der Waals surface area contributed by atoms with E-state index >= 15 is 0 Å². The molecule has 1 N–H and O–H groups in total. The van der Waals surface area contributed by atoms with E-state index in [2.05, 4.69) is 20.6 Å². The van der Waals surface area contributed by atoms with Gasteiger partial charge in [-0.2, -0.15) is 9.61 Å². The van der Waals surface area contributed by atoms with Gasteiger partial charge in [0.1, 0.15) is 5.01 Å². The minimum absolute atomic E-state index is 0.325. The molecule has 0 spiro atoms. The highest BCUT2D eigenvalue weighted by Gasteiger charge is 2.24. The molecular formula is C11H17N5O2S. The third-order valence-electron chi connectivity index (χ3n) is 3.11. The van der Waals surface area contributed by atoms with Gasteiger partial charge in [-0.25, -0.2) is 0 Å². The third-order valence-corrected chi connectivity index (χ3v) is 4.01. The number of aromatic nitrogens is 4. The Morgan fingerprint density at radius 1 is 1.53 bits per heavy atom. The van der Waals surface area contributed by atoms with Gasteiger partial charge < -0.3 is 14.8 Å². The molecule has 2 aromatic rings. The molecule has 0 radical (unpaired) electrons. The molecule has 0 amide bonds. The van der Waals surface area contributed by atoms with Crippen molar-refractivity contribution in [2.75, 3.05) is 33.5 Å². The van der Waals surface area contributed by atoms with Gasteiger partial charge in [0.05, 0.1) is 13.2 Å². The Labute approximate surface area is 114 Å². The molecule has 3 heterocycles. The Bertz CT molecular complexity index is 534. The van der Waals surface area contributed by atoms with E-state index in [-0.39, 0.29) is 0 Å². The zero-order chi connectivity index (χ0) is 13.1. The normalized spacial score (nSPS) is 19.5. The number of ether oxygens (including phenoxy) is 2. The highest BCUT2D eigenvalue weighted by Crippen LogP contribution is 2.25. The fourth-order valence-corrected chi connectivity index (χ4v) is 2.92. The van der Waals surface area contributed by atoms with E-state index < -0.39 is 0 Å². The number of hydrogen-bond acceptors (Lipinski definition) is 7. The summed E-state index contributed by atoms with van der Waals surface area (Å²) in [6, 6.07) is 0. The molecule has 7 nitrogen and oxygen atoms in total. The van der Waals surface area contributed by atoms with Crippen LogP contribution in [-0.2, 0) is 16.0 Å². The van der Waals surface area contributed by atoms with E-state index in [0.717, 1.165) is 48.5 Å². The van der Waals surface area contributed by atoms with Crippen LogP contribution in [0.25, 0.3) is 4.96 Å². The summed E-state index contributed by atoms with van der Waals surface area (Å²) >= 11 is 1.57. The molecule has 104 valence electrons. The van der Waals surface area contributed by atoms with Gasteiger partial charge in [0, 0.05) is 32.7 Å². The molecule has 0 saturated carbocycles. The van der Waals surface area contributed by atoms with E-state index in [4.69, 9.17) is 9.47 Å². The number of rotatable bonds is 6. The molecular weight excluding hydrogens is 266 g/mol. The summed E-state index contributed by atoms with van der Waals surface area (Å²) in [7, 11) is 1.70. The molecule has 1 aliphatic heterocycles. The summed E-state index contributed by atoms with van der Waals surface area (Å²) in [5.41, 5.74) is 0. The first-order valence-electron chi connectivity index (χ1n) is 6.37. The van der Waals surface area contributed by atoms with Crippen molar-refractivity contribution in [3.05, 3.63) is 10.8 Å². The lowest BCUT2D eigenvalue weighted by Crippen LogP contribution is -2.18. The molecule has 1 saturated heterocycles. The van der Waals surface area contributed by atoms with Crippen LogP contribution in [0.3, 0.4) is 0 Å². The van der Waals surface area contributed by atoms with Gasteiger partial charge in [0.25, 0.3) is 0 Å². The maximum Gasteiger partial charge on any atom is 0.234 e. The smallest absolute Gasteiger partial charge is 0.234 e. The molecule has 3 rings (SSSR count). The van der Waals surface area contributed by atoms with Crippen LogP contribution in [0.1, 0.15) is 23.2 Å². The van der Waals surface area contributed by atoms with Gasteiger partial charge in [0.15, 0.2) is 5.82 Å². The first kappa shape index (κ1) is 12.9. The van der Waals surface area contributed by atoms with Crippen molar-refractivity contribution in [3.8, 4) is 0 Å². The molecule has 8 heteroatoms. The van der Waals surface area contributed by atoms with Crippen LogP contribution in [0, 0.1) is 0 Å². The van der Waals surface area contributed by atoms with Crippen molar-refractivity contribution in [2.24, 2.45) is 0 Å². The van der Waals surface area contributed by atoms with Crippen molar-refractivity contribution in [1.82, 2.24) is 25.1 Å². The predicted molar refractivity (Wildman–Crippen MR) is 70.4 cm³/mol. The number of nitrogens with zero attached hydrogens (tertiary/aromatic N) is 4. The minimum atomic E-state index is 0.325. The molecule has 19 heavy (non-hydrogen) atoms. The monoisotopic (exact) mass is 283 g/mol. The fraction of sp³-hybridized carbons (Fsp3) is 0.727. The minimum Gasteiger partial charge on any atom is -0.383 e. The zero-order valence-corrected chi connectivity index (χ0v) is 11.7. The van der Waals surface area contributed by atoms with Crippen LogP contribution in [0.2, 0.25) is 0 Å². The van der Waals surface area contributed by atoms with Crippen molar-refractivity contribution in [2.45, 2.75) is 18.9 Å². The maximum atomic E-state index is 5.40. The average molecular weight is 283 g/mol. The Hall–Kier alpha value is -1.09. The molecule has 1 unspecified atom stereocenters. The fourth-order valence-electron chi connectivity index (χ4n) is 2.11. The number of hydrogen-bond donors (Lipinski definition) is 1. The Balaban J connectivity index is 1.70. The quantitative estimate of drug-likeness (QED) is 0.775. The van der Waals surface area contributed by atoms with Gasteiger partial charge >= 0.3 is 0 Å². The molecule has 0 bridgehead atoms. The number of nitrogens with one attached hydrogen (secondary N) is 1. The van der Waals surface area contributed by atoms with Crippen molar-refractivity contribution in [3.63, 3.8) is 0 Å². The van der Waals surface area contributed by atoms with Gasteiger partial charge in [-0.05, 0) is 6.42 Å². The lowest BCUT2D eigenvalue weighted by atomic mass is 10.1. The van der Waals surface area contributed by atoms with Crippen LogP contribution in [-0.4, -0.2) is 53.3 Å². The van der Waals surface area contributed by atoms with E-state index in [1.54, 1.807) is 18.4 Å². The van der Waals surface area contributed by atoms with Crippen molar-refractivity contribution >= 4 is 16.3 Å². The van der Waals surface area contributed by atoms with E-state index in [1.165, 1.54) is 0 Å². The predicted octanol–water partition coefficient (Wildman–Crippen LogP) is 0.426. The van der Waals surface area contributed by atoms with E-state index in [9.17, 15) is 0 Å². The summed E-state index contributed by atoms with van der Waals surface area (Å²) in [6.07, 6.45) is 1.000. The zero-order valence-electron chi connectivity index (χ0n) is 10.8. The second-order valence-corrected chi connectivity index (χ2v) is 5.52. The second-order valence-electron chi connectivity index (χ2n) is 4.48. The Kier molecular flexibility index (Phi) is 4.02. The molecule has 1 atom stereocenters. The SMILES string of the molecule is COCCNCc1nn2c(C3CCOC3)nnc2s1. The van der Waals surface area contributed by atoms with Crippen molar-refractivity contribution in [1.29, 1.82) is 0 Å². The van der Waals surface area contributed by atoms with Crippen LogP contribution in [0.5, 0.6) is 0 Å². The molecule has 0 aliphatic carbocycles. The van der Waals surface area contributed by atoms with Crippen LogP contribution in [0.15, 0.2) is 0 Å². The summed E-state index contributed by atoms with van der Waals surface area (Å²) in [4.78, 5) is 0.852. The highest BCUT2D eigenvalue weighted by atomic mass is 32.1. The van der Waals surface area contributed by atoms with Crippen LogP contribution in [0.4, 0.5) is 0 Å². The van der Waals surface area contributed by atoms with Crippen LogP contribution >= 0.6 is 11.3 Å². The van der Waals surface area contributed by atoms with Gasteiger partial charge in [-0.1, -0.05) is 11.3 Å². The van der Waals surface area contributed by atoms with Gasteiger partial charge in [-0.3, -0.25) is 0 Å². The average Bonchev–Trinajstić information content (AvgIpc) is 3.09. The largest absolute Gasteiger partial charge is 0.383 e. The van der Waals surface area contributed by atoms with Gasteiger partial charge in [0.2, 0.25) is 4.96 Å². The standard InChI is InChI=1S/C11H17N5O2S/c1-17-5-3-12-6-9-15-16-10(8-2-4-18-7-8)13-14-11(16)19-9/h8,12H,2-7H2,1H3. The lowest BCUT2D eigenvalue weighted by Gasteiger charge is -2.02. The highest BCUT2D eigenvalue weighted by molar-refractivity contribution is 7.16. The van der Waals surface area contributed by atoms with E-state index in [0.29, 0.717) is 12.5 Å². The summed E-state index contributed by atoms with van der Waals surface area (Å²) in [5, 5.41) is 17.3. The van der Waals surface area contributed by atoms with Gasteiger partial charge in [-0.15, -0.1) is 10.2 Å². The Morgan fingerprint density at radius 3 is 3.26 bits per heavy atom. The number of methoxy groups -OCH3 is 1. The second kappa shape index (κ2) is 5.91. The lowest BCUT2D eigenvalue weighted by molar-refractivity contribution is 0.193. The molecule has 1 fully saturated rings. The molecule has 1 aliphatic rings. The third kappa shape index (κ3) is 2.76. The number of fused-ring (bicyclic) bond motifs is 1. The van der Waals surface area contributed by atoms with Crippen LogP contribution < -0.4 is 5.32 Å². The Morgan fingerprint density at radius 2 is 2.47 bits per heavy atom. The van der Waals surface area contributed by atoms with Crippen molar-refractivity contribution < 1.29 is 9.47 Å². The topological polar surface area (TPSA) is 73.6 Å². The molecule has 0 aromatic carbocycles.